The Bertz CT molecular complexity index is 669. The normalized spacial score (nSPS) is 10.3. The third kappa shape index (κ3) is 4.58. The molecule has 0 N–H and O–H groups in total. The van der Waals surface area contributed by atoms with Gasteiger partial charge in [-0.05, 0) is 71.2 Å². The fourth-order valence-corrected chi connectivity index (χ4v) is 2.83. The van der Waals surface area contributed by atoms with E-state index in [2.05, 4.69) is 31.9 Å². The lowest BCUT2D eigenvalue weighted by molar-refractivity contribution is -0.136. The second-order valence-corrected chi connectivity index (χ2v) is 6.35. The Morgan fingerprint density at radius 2 is 1.81 bits per heavy atom. The van der Waals surface area contributed by atoms with Gasteiger partial charge in [-0.15, -0.1) is 0 Å². The third-order valence-corrected chi connectivity index (χ3v) is 4.06. The van der Waals surface area contributed by atoms with Gasteiger partial charge in [-0.2, -0.15) is 0 Å². The first-order chi connectivity index (χ1) is 9.95. The highest BCUT2D eigenvalue weighted by molar-refractivity contribution is 9.11. The summed E-state index contributed by atoms with van der Waals surface area (Å²) in [5.74, 6) is 0.685. The van der Waals surface area contributed by atoms with Crippen LogP contribution in [-0.2, 0) is 4.79 Å². The molecule has 0 spiro atoms. The maximum Gasteiger partial charge on any atom is 0.349 e. The highest BCUT2D eigenvalue weighted by atomic mass is 79.9. The Kier molecular flexibility index (Phi) is 5.42. The van der Waals surface area contributed by atoms with Crippen LogP contribution in [0, 0.1) is 13.8 Å². The van der Waals surface area contributed by atoms with E-state index in [1.807, 2.05) is 38.1 Å². The van der Waals surface area contributed by atoms with Crippen molar-refractivity contribution in [2.45, 2.75) is 13.8 Å². The number of hydrogen-bond donors (Lipinski definition) is 0. The molecule has 0 fully saturated rings. The Labute approximate surface area is 140 Å². The lowest BCUT2D eigenvalue weighted by Gasteiger charge is -2.09. The maximum absolute atomic E-state index is 11.8. The summed E-state index contributed by atoms with van der Waals surface area (Å²) in [5.41, 5.74) is 2.24. The van der Waals surface area contributed by atoms with Crippen LogP contribution in [0.2, 0.25) is 0 Å². The summed E-state index contributed by atoms with van der Waals surface area (Å²) in [4.78, 5) is 11.8. The number of ether oxygens (including phenoxy) is 2. The van der Waals surface area contributed by atoms with E-state index in [1.54, 1.807) is 12.1 Å². The number of hydrogen-bond acceptors (Lipinski definition) is 3. The fourth-order valence-electron chi connectivity index (χ4n) is 1.67. The number of benzene rings is 2. The summed E-state index contributed by atoms with van der Waals surface area (Å²) in [7, 11) is 0. The smallest absolute Gasteiger partial charge is 0.349 e. The van der Waals surface area contributed by atoms with Gasteiger partial charge in [-0.3, -0.25) is 0 Å². The van der Waals surface area contributed by atoms with Crippen LogP contribution >= 0.6 is 31.9 Å². The largest absolute Gasteiger partial charge is 0.481 e. The molecule has 2 aromatic carbocycles. The van der Waals surface area contributed by atoms with Crippen molar-refractivity contribution in [3.8, 4) is 11.5 Å². The van der Waals surface area contributed by atoms with Gasteiger partial charge in [-0.1, -0.05) is 22.0 Å². The molecule has 0 aromatic heterocycles. The highest BCUT2D eigenvalue weighted by Gasteiger charge is 2.09. The molecule has 0 aliphatic rings. The standard InChI is InChI=1S/C16H14Br2O3/c1-10-3-5-13(7-11(10)2)21-16(19)9-20-15-6-4-12(17)8-14(15)18/h3-8H,9H2,1-2H3. The van der Waals surface area contributed by atoms with E-state index in [9.17, 15) is 4.79 Å². The molecule has 0 bridgehead atoms. The molecule has 0 atom stereocenters. The van der Waals surface area contributed by atoms with E-state index >= 15 is 0 Å². The molecule has 0 saturated carbocycles. The Balaban J connectivity index is 1.94. The van der Waals surface area contributed by atoms with Crippen LogP contribution in [0.5, 0.6) is 11.5 Å². The van der Waals surface area contributed by atoms with Gasteiger partial charge in [0, 0.05) is 4.47 Å². The molecule has 0 amide bonds. The lowest BCUT2D eigenvalue weighted by atomic mass is 10.1. The van der Waals surface area contributed by atoms with Crippen LogP contribution in [0.4, 0.5) is 0 Å². The van der Waals surface area contributed by atoms with Gasteiger partial charge in [0.05, 0.1) is 4.47 Å². The van der Waals surface area contributed by atoms with Crippen LogP contribution in [0.25, 0.3) is 0 Å². The van der Waals surface area contributed by atoms with Crippen molar-refractivity contribution in [2.24, 2.45) is 0 Å². The third-order valence-electron chi connectivity index (χ3n) is 2.95. The minimum atomic E-state index is -0.437. The predicted octanol–water partition coefficient (Wildman–Crippen LogP) is 4.81. The average Bonchev–Trinajstić information content (AvgIpc) is 2.42. The average molecular weight is 414 g/mol. The Morgan fingerprint density at radius 3 is 2.48 bits per heavy atom. The molecule has 2 aromatic rings. The van der Waals surface area contributed by atoms with Crippen molar-refractivity contribution in [1.29, 1.82) is 0 Å². The molecule has 0 unspecified atom stereocenters. The van der Waals surface area contributed by atoms with Crippen LogP contribution in [0.15, 0.2) is 45.3 Å². The minimum absolute atomic E-state index is 0.146. The summed E-state index contributed by atoms with van der Waals surface area (Å²) in [6.45, 7) is 3.84. The monoisotopic (exact) mass is 412 g/mol. The minimum Gasteiger partial charge on any atom is -0.481 e. The summed E-state index contributed by atoms with van der Waals surface area (Å²) in [6, 6.07) is 11.0. The lowest BCUT2D eigenvalue weighted by Crippen LogP contribution is -2.17. The van der Waals surface area contributed by atoms with Crippen molar-refractivity contribution < 1.29 is 14.3 Å². The van der Waals surface area contributed by atoms with Crippen molar-refractivity contribution in [1.82, 2.24) is 0 Å². The summed E-state index contributed by atoms with van der Waals surface area (Å²) in [5, 5.41) is 0. The highest BCUT2D eigenvalue weighted by Crippen LogP contribution is 2.28. The fraction of sp³-hybridized carbons (Fsp3) is 0.188. The van der Waals surface area contributed by atoms with E-state index in [-0.39, 0.29) is 6.61 Å². The van der Waals surface area contributed by atoms with Crippen LogP contribution in [0.3, 0.4) is 0 Å². The molecular weight excluding hydrogens is 400 g/mol. The van der Waals surface area contributed by atoms with E-state index in [0.29, 0.717) is 11.5 Å². The molecule has 5 heteroatoms. The molecular formula is C16H14Br2O3. The number of aryl methyl sites for hydroxylation is 2. The zero-order chi connectivity index (χ0) is 15.4. The van der Waals surface area contributed by atoms with Crippen molar-refractivity contribution >= 4 is 37.8 Å². The number of esters is 1. The molecule has 3 nitrogen and oxygen atoms in total. The zero-order valence-corrected chi connectivity index (χ0v) is 14.8. The van der Waals surface area contributed by atoms with Crippen molar-refractivity contribution in [2.75, 3.05) is 6.61 Å². The molecule has 2 rings (SSSR count). The van der Waals surface area contributed by atoms with Crippen LogP contribution in [0.1, 0.15) is 11.1 Å². The van der Waals surface area contributed by atoms with E-state index in [4.69, 9.17) is 9.47 Å². The number of carbonyl (C=O) groups excluding carboxylic acids is 1. The second kappa shape index (κ2) is 7.09. The first kappa shape index (κ1) is 16.0. The number of rotatable bonds is 4. The first-order valence-electron chi connectivity index (χ1n) is 6.31. The van der Waals surface area contributed by atoms with Crippen LogP contribution < -0.4 is 9.47 Å². The molecule has 110 valence electrons. The maximum atomic E-state index is 11.8. The molecule has 0 saturated heterocycles. The van der Waals surface area contributed by atoms with E-state index < -0.39 is 5.97 Å². The Hall–Kier alpha value is -1.33. The van der Waals surface area contributed by atoms with Gasteiger partial charge in [0.2, 0.25) is 0 Å². The van der Waals surface area contributed by atoms with E-state index in [0.717, 1.165) is 20.1 Å². The molecule has 0 radical (unpaired) electrons. The number of halogens is 2. The zero-order valence-electron chi connectivity index (χ0n) is 11.7. The SMILES string of the molecule is Cc1ccc(OC(=O)COc2ccc(Br)cc2Br)cc1C. The second-order valence-electron chi connectivity index (χ2n) is 4.58. The molecule has 0 aliphatic carbocycles. The van der Waals surface area contributed by atoms with Crippen LogP contribution in [-0.4, -0.2) is 12.6 Å². The molecule has 0 aliphatic heterocycles. The summed E-state index contributed by atoms with van der Waals surface area (Å²) < 4.78 is 12.4. The van der Waals surface area contributed by atoms with E-state index in [1.165, 1.54) is 0 Å². The summed E-state index contributed by atoms with van der Waals surface area (Å²) >= 11 is 6.73. The molecule has 0 heterocycles. The van der Waals surface area contributed by atoms with Gasteiger partial charge in [0.1, 0.15) is 11.5 Å². The van der Waals surface area contributed by atoms with Gasteiger partial charge >= 0.3 is 5.97 Å². The summed E-state index contributed by atoms with van der Waals surface area (Å²) in [6.07, 6.45) is 0. The number of carbonyl (C=O) groups is 1. The first-order valence-corrected chi connectivity index (χ1v) is 7.90. The van der Waals surface area contributed by atoms with Gasteiger partial charge in [0.25, 0.3) is 0 Å². The quantitative estimate of drug-likeness (QED) is 0.532. The predicted molar refractivity (Wildman–Crippen MR) is 88.9 cm³/mol. The van der Waals surface area contributed by atoms with Crippen molar-refractivity contribution in [3.05, 3.63) is 56.5 Å². The van der Waals surface area contributed by atoms with Gasteiger partial charge in [0.15, 0.2) is 6.61 Å². The van der Waals surface area contributed by atoms with Crippen molar-refractivity contribution in [3.63, 3.8) is 0 Å². The molecule has 21 heavy (non-hydrogen) atoms. The Morgan fingerprint density at radius 1 is 1.05 bits per heavy atom. The van der Waals surface area contributed by atoms with Gasteiger partial charge < -0.3 is 9.47 Å². The topological polar surface area (TPSA) is 35.5 Å². The van der Waals surface area contributed by atoms with Gasteiger partial charge in [-0.25, -0.2) is 4.79 Å².